The Hall–Kier alpha value is -2.60. The fraction of sp³-hybridized carbons (Fsp3) is 0.0667. The molecule has 102 valence electrons. The van der Waals surface area contributed by atoms with Gasteiger partial charge in [0.15, 0.2) is 0 Å². The van der Waals surface area contributed by atoms with Crippen molar-refractivity contribution in [2.75, 3.05) is 0 Å². The summed E-state index contributed by atoms with van der Waals surface area (Å²) in [6, 6.07) is 4.00. The maximum atomic E-state index is 4.45. The molecule has 0 aromatic carbocycles. The lowest BCUT2D eigenvalue weighted by atomic mass is 10.3. The molecule has 0 spiro atoms. The Kier molecular flexibility index (Phi) is 2.75. The second-order valence-corrected chi connectivity index (χ2v) is 5.71. The van der Waals surface area contributed by atoms with Gasteiger partial charge in [-0.1, -0.05) is 0 Å². The molecule has 0 aliphatic rings. The standard InChI is InChI=1S/C15H11N5S/c1-10-19-13(9-21-10)12-6-17-15(18-7-12)20-5-3-11-2-4-16-8-14(11)20/h2-9H,1H3. The molecule has 0 amide bonds. The molecule has 4 aromatic rings. The first-order valence-corrected chi connectivity index (χ1v) is 7.35. The number of rotatable bonds is 2. The Morgan fingerprint density at radius 2 is 1.95 bits per heavy atom. The highest BCUT2D eigenvalue weighted by Gasteiger charge is 2.07. The summed E-state index contributed by atoms with van der Waals surface area (Å²) in [4.78, 5) is 17.5. The summed E-state index contributed by atoms with van der Waals surface area (Å²) in [5.41, 5.74) is 2.84. The Bertz CT molecular complexity index is 907. The van der Waals surface area contributed by atoms with Crippen LogP contribution in [-0.2, 0) is 0 Å². The lowest BCUT2D eigenvalue weighted by molar-refractivity contribution is 0.960. The molecule has 0 atom stereocenters. The van der Waals surface area contributed by atoms with Crippen molar-refractivity contribution in [2.24, 2.45) is 0 Å². The third-order valence-corrected chi connectivity index (χ3v) is 4.04. The van der Waals surface area contributed by atoms with Crippen molar-refractivity contribution >= 4 is 22.2 Å². The van der Waals surface area contributed by atoms with Crippen LogP contribution in [0.2, 0.25) is 0 Å². The number of hydrogen-bond donors (Lipinski definition) is 0. The Labute approximate surface area is 125 Å². The van der Waals surface area contributed by atoms with Crippen LogP contribution in [0.15, 0.2) is 48.5 Å². The van der Waals surface area contributed by atoms with Crippen LogP contribution in [0.5, 0.6) is 0 Å². The number of fused-ring (bicyclic) bond motifs is 1. The molecule has 0 bridgehead atoms. The van der Waals surface area contributed by atoms with Crippen molar-refractivity contribution in [3.05, 3.63) is 53.5 Å². The molecule has 0 aliphatic carbocycles. The van der Waals surface area contributed by atoms with E-state index in [2.05, 4.69) is 19.9 Å². The average molecular weight is 293 g/mol. The van der Waals surface area contributed by atoms with Gasteiger partial charge in [0, 0.05) is 41.1 Å². The SMILES string of the molecule is Cc1nc(-c2cnc(-n3ccc4ccncc43)nc2)cs1. The first-order chi connectivity index (χ1) is 10.3. The van der Waals surface area contributed by atoms with Gasteiger partial charge in [-0.15, -0.1) is 11.3 Å². The zero-order valence-electron chi connectivity index (χ0n) is 11.3. The van der Waals surface area contributed by atoms with Gasteiger partial charge in [0.05, 0.1) is 22.4 Å². The van der Waals surface area contributed by atoms with E-state index in [0.29, 0.717) is 5.95 Å². The van der Waals surface area contributed by atoms with Crippen LogP contribution in [0.25, 0.3) is 28.1 Å². The maximum Gasteiger partial charge on any atom is 0.234 e. The van der Waals surface area contributed by atoms with Crippen LogP contribution < -0.4 is 0 Å². The molecule has 0 saturated heterocycles. The molecule has 0 radical (unpaired) electrons. The molecule has 6 heteroatoms. The Morgan fingerprint density at radius 3 is 2.71 bits per heavy atom. The second-order valence-electron chi connectivity index (χ2n) is 4.64. The molecular formula is C15H11N5S. The highest BCUT2D eigenvalue weighted by molar-refractivity contribution is 7.09. The smallest absolute Gasteiger partial charge is 0.234 e. The minimum atomic E-state index is 0.633. The average Bonchev–Trinajstić information content (AvgIpc) is 3.14. The van der Waals surface area contributed by atoms with Gasteiger partial charge >= 0.3 is 0 Å². The molecule has 5 nitrogen and oxygen atoms in total. The van der Waals surface area contributed by atoms with Gasteiger partial charge in [-0.3, -0.25) is 9.55 Å². The van der Waals surface area contributed by atoms with Crippen molar-refractivity contribution in [1.82, 2.24) is 24.5 Å². The number of pyridine rings is 1. The van der Waals surface area contributed by atoms with E-state index in [-0.39, 0.29) is 0 Å². The van der Waals surface area contributed by atoms with Crippen LogP contribution in [0.4, 0.5) is 0 Å². The predicted molar refractivity (Wildman–Crippen MR) is 82.5 cm³/mol. The van der Waals surface area contributed by atoms with Crippen LogP contribution in [0, 0.1) is 6.92 Å². The van der Waals surface area contributed by atoms with Crippen molar-refractivity contribution in [1.29, 1.82) is 0 Å². The van der Waals surface area contributed by atoms with Gasteiger partial charge in [0.25, 0.3) is 0 Å². The summed E-state index contributed by atoms with van der Waals surface area (Å²) in [5.74, 6) is 0.633. The van der Waals surface area contributed by atoms with Gasteiger partial charge < -0.3 is 0 Å². The topological polar surface area (TPSA) is 56.5 Å². The summed E-state index contributed by atoms with van der Waals surface area (Å²) in [5, 5.41) is 4.17. The lowest BCUT2D eigenvalue weighted by Crippen LogP contribution is -1.99. The lowest BCUT2D eigenvalue weighted by Gasteiger charge is -2.03. The van der Waals surface area contributed by atoms with Crippen LogP contribution >= 0.6 is 11.3 Å². The van der Waals surface area contributed by atoms with Crippen LogP contribution in [0.3, 0.4) is 0 Å². The second kappa shape index (κ2) is 4.75. The van der Waals surface area contributed by atoms with Gasteiger partial charge in [-0.25, -0.2) is 15.0 Å². The molecule has 0 aliphatic heterocycles. The molecule has 4 heterocycles. The first-order valence-electron chi connectivity index (χ1n) is 6.47. The van der Waals surface area contributed by atoms with Gasteiger partial charge in [-0.2, -0.15) is 0 Å². The van der Waals surface area contributed by atoms with Gasteiger partial charge in [0.1, 0.15) is 0 Å². The van der Waals surface area contributed by atoms with Gasteiger partial charge in [0.2, 0.25) is 5.95 Å². The normalized spacial score (nSPS) is 11.1. The Balaban J connectivity index is 1.76. The molecule has 21 heavy (non-hydrogen) atoms. The van der Waals surface area contributed by atoms with E-state index >= 15 is 0 Å². The fourth-order valence-electron chi connectivity index (χ4n) is 2.22. The number of thiazole rings is 1. The van der Waals surface area contributed by atoms with E-state index < -0.39 is 0 Å². The van der Waals surface area contributed by atoms with Gasteiger partial charge in [-0.05, 0) is 19.1 Å². The van der Waals surface area contributed by atoms with E-state index in [1.807, 2.05) is 41.4 Å². The third-order valence-electron chi connectivity index (χ3n) is 3.26. The van der Waals surface area contributed by atoms with Crippen LogP contribution in [-0.4, -0.2) is 24.5 Å². The molecule has 0 N–H and O–H groups in total. The highest BCUT2D eigenvalue weighted by Crippen LogP contribution is 2.21. The number of aromatic nitrogens is 5. The van der Waals surface area contributed by atoms with Crippen molar-refractivity contribution in [3.63, 3.8) is 0 Å². The number of aryl methyl sites for hydroxylation is 1. The quantitative estimate of drug-likeness (QED) is 0.569. The monoisotopic (exact) mass is 293 g/mol. The highest BCUT2D eigenvalue weighted by atomic mass is 32.1. The summed E-state index contributed by atoms with van der Waals surface area (Å²) in [7, 11) is 0. The van der Waals surface area contributed by atoms with Crippen molar-refractivity contribution < 1.29 is 0 Å². The molecule has 0 saturated carbocycles. The molecular weight excluding hydrogens is 282 g/mol. The van der Waals surface area contributed by atoms with E-state index in [0.717, 1.165) is 27.2 Å². The fourth-order valence-corrected chi connectivity index (χ4v) is 2.84. The molecule has 0 unspecified atom stereocenters. The van der Waals surface area contributed by atoms with E-state index in [9.17, 15) is 0 Å². The summed E-state index contributed by atoms with van der Waals surface area (Å²) < 4.78 is 1.93. The largest absolute Gasteiger partial charge is 0.284 e. The minimum absolute atomic E-state index is 0.633. The third kappa shape index (κ3) is 2.09. The van der Waals surface area contributed by atoms with E-state index in [4.69, 9.17) is 0 Å². The summed E-state index contributed by atoms with van der Waals surface area (Å²) in [6.45, 7) is 1.99. The first kappa shape index (κ1) is 12.2. The number of hydrogen-bond acceptors (Lipinski definition) is 5. The Morgan fingerprint density at radius 1 is 1.10 bits per heavy atom. The van der Waals surface area contributed by atoms with Crippen molar-refractivity contribution in [2.45, 2.75) is 6.92 Å². The maximum absolute atomic E-state index is 4.45. The van der Waals surface area contributed by atoms with E-state index in [1.54, 1.807) is 29.9 Å². The minimum Gasteiger partial charge on any atom is -0.284 e. The summed E-state index contributed by atoms with van der Waals surface area (Å²) in [6.07, 6.45) is 9.16. The number of nitrogens with zero attached hydrogens (tertiary/aromatic N) is 5. The van der Waals surface area contributed by atoms with Crippen molar-refractivity contribution in [3.8, 4) is 17.2 Å². The molecule has 0 fully saturated rings. The zero-order valence-corrected chi connectivity index (χ0v) is 12.1. The van der Waals surface area contributed by atoms with E-state index in [1.165, 1.54) is 0 Å². The van der Waals surface area contributed by atoms with Crippen LogP contribution in [0.1, 0.15) is 5.01 Å². The molecule has 4 rings (SSSR count). The zero-order chi connectivity index (χ0) is 14.2. The molecule has 4 aromatic heterocycles. The summed E-state index contributed by atoms with van der Waals surface area (Å²) >= 11 is 1.62. The predicted octanol–water partition coefficient (Wildman–Crippen LogP) is 3.25.